The van der Waals surface area contributed by atoms with Crippen molar-refractivity contribution in [2.24, 2.45) is 11.8 Å². The summed E-state index contributed by atoms with van der Waals surface area (Å²) in [4.78, 5) is 16.7. The van der Waals surface area contributed by atoms with Crippen LogP contribution >= 0.6 is 11.6 Å². The number of nitrogens with one attached hydrogen (secondary N) is 1. The number of rotatable bonds is 2. The summed E-state index contributed by atoms with van der Waals surface area (Å²) in [6.45, 7) is 7.26. The van der Waals surface area contributed by atoms with Gasteiger partial charge in [-0.3, -0.25) is 10.1 Å². The quantitative estimate of drug-likeness (QED) is 0.668. The molecule has 0 radical (unpaired) electrons. The standard InChI is InChI=1S/C13H17ClN4O2/c1-13(2)10-6-15-4-8(10)7-17(13)12-11(14)3-9(5-16-12)18(19)20/h3,5,8,10,15H,4,6-7H2,1-2H3. The van der Waals surface area contributed by atoms with E-state index in [1.54, 1.807) is 0 Å². The second-order valence-corrected chi connectivity index (χ2v) is 6.45. The number of halogens is 1. The molecule has 0 aliphatic carbocycles. The molecule has 1 N–H and O–H groups in total. The first-order chi connectivity index (χ1) is 9.41. The molecule has 1 aromatic heterocycles. The molecule has 1 aromatic rings. The average molecular weight is 297 g/mol. The molecule has 2 aliphatic heterocycles. The Morgan fingerprint density at radius 1 is 1.55 bits per heavy atom. The van der Waals surface area contributed by atoms with E-state index in [9.17, 15) is 10.1 Å². The van der Waals surface area contributed by atoms with Gasteiger partial charge in [0.15, 0.2) is 0 Å². The zero-order valence-electron chi connectivity index (χ0n) is 11.5. The molecule has 0 amide bonds. The van der Waals surface area contributed by atoms with Gasteiger partial charge in [0, 0.05) is 31.2 Å². The van der Waals surface area contributed by atoms with Crippen LogP contribution in [-0.2, 0) is 0 Å². The minimum atomic E-state index is -0.476. The molecule has 2 fully saturated rings. The summed E-state index contributed by atoms with van der Waals surface area (Å²) in [5.41, 5.74) is -0.126. The maximum Gasteiger partial charge on any atom is 0.289 e. The molecule has 0 aromatic carbocycles. The fourth-order valence-corrected chi connectivity index (χ4v) is 3.76. The molecule has 2 aliphatic rings. The molecule has 3 rings (SSSR count). The fraction of sp³-hybridized carbons (Fsp3) is 0.615. The smallest absolute Gasteiger partial charge is 0.289 e. The molecule has 20 heavy (non-hydrogen) atoms. The molecule has 2 saturated heterocycles. The Morgan fingerprint density at radius 3 is 2.90 bits per heavy atom. The first-order valence-corrected chi connectivity index (χ1v) is 7.07. The molecule has 0 bridgehead atoms. The summed E-state index contributed by atoms with van der Waals surface area (Å²) < 4.78 is 0. The second-order valence-electron chi connectivity index (χ2n) is 6.05. The number of nitrogens with zero attached hydrogens (tertiary/aromatic N) is 3. The highest BCUT2D eigenvalue weighted by atomic mass is 35.5. The van der Waals surface area contributed by atoms with Crippen molar-refractivity contribution in [3.05, 3.63) is 27.4 Å². The van der Waals surface area contributed by atoms with Crippen LogP contribution in [-0.4, -0.2) is 35.1 Å². The summed E-state index contributed by atoms with van der Waals surface area (Å²) in [7, 11) is 0. The van der Waals surface area contributed by atoms with Gasteiger partial charge >= 0.3 is 0 Å². The van der Waals surface area contributed by atoms with Crippen LogP contribution in [0.5, 0.6) is 0 Å². The number of aromatic nitrogens is 1. The number of nitro groups is 1. The Labute approximate surface area is 122 Å². The normalized spacial score (nSPS) is 27.6. The van der Waals surface area contributed by atoms with E-state index in [1.165, 1.54) is 12.3 Å². The van der Waals surface area contributed by atoms with Crippen LogP contribution in [0, 0.1) is 22.0 Å². The van der Waals surface area contributed by atoms with Crippen LogP contribution in [0.15, 0.2) is 12.3 Å². The Bertz CT molecular complexity index is 563. The van der Waals surface area contributed by atoms with Gasteiger partial charge in [-0.05, 0) is 25.7 Å². The molecule has 0 saturated carbocycles. The Hall–Kier alpha value is -1.40. The Kier molecular flexibility index (Phi) is 3.10. The van der Waals surface area contributed by atoms with E-state index in [4.69, 9.17) is 11.6 Å². The Balaban J connectivity index is 1.95. The van der Waals surface area contributed by atoms with Crippen LogP contribution in [0.25, 0.3) is 0 Å². The van der Waals surface area contributed by atoms with Crippen molar-refractivity contribution in [3.8, 4) is 0 Å². The Morgan fingerprint density at radius 2 is 2.30 bits per heavy atom. The van der Waals surface area contributed by atoms with Gasteiger partial charge < -0.3 is 10.2 Å². The number of fused-ring (bicyclic) bond motifs is 1. The largest absolute Gasteiger partial charge is 0.350 e. The van der Waals surface area contributed by atoms with Crippen molar-refractivity contribution in [1.82, 2.24) is 10.3 Å². The molecule has 2 atom stereocenters. The maximum atomic E-state index is 10.8. The highest BCUT2D eigenvalue weighted by Crippen LogP contribution is 2.44. The van der Waals surface area contributed by atoms with Gasteiger partial charge in [-0.15, -0.1) is 0 Å². The lowest BCUT2D eigenvalue weighted by Crippen LogP contribution is -2.45. The predicted molar refractivity (Wildman–Crippen MR) is 77.2 cm³/mol. The molecule has 6 nitrogen and oxygen atoms in total. The van der Waals surface area contributed by atoms with E-state index >= 15 is 0 Å². The molecule has 0 spiro atoms. The van der Waals surface area contributed by atoms with Gasteiger partial charge in [-0.25, -0.2) is 4.98 Å². The lowest BCUT2D eigenvalue weighted by molar-refractivity contribution is -0.385. The lowest BCUT2D eigenvalue weighted by atomic mass is 9.85. The minimum Gasteiger partial charge on any atom is -0.350 e. The van der Waals surface area contributed by atoms with E-state index < -0.39 is 4.92 Å². The molecule has 108 valence electrons. The van der Waals surface area contributed by atoms with Crippen LogP contribution in [0.1, 0.15) is 13.8 Å². The van der Waals surface area contributed by atoms with Crippen LogP contribution in [0.4, 0.5) is 11.5 Å². The first-order valence-electron chi connectivity index (χ1n) is 6.69. The van der Waals surface area contributed by atoms with Gasteiger partial charge in [0.2, 0.25) is 0 Å². The van der Waals surface area contributed by atoms with Crippen LogP contribution in [0.2, 0.25) is 5.02 Å². The van der Waals surface area contributed by atoms with Crippen LogP contribution in [0.3, 0.4) is 0 Å². The number of pyridine rings is 1. The van der Waals surface area contributed by atoms with Gasteiger partial charge in [0.05, 0.1) is 9.95 Å². The molecular formula is C13H17ClN4O2. The van der Waals surface area contributed by atoms with E-state index in [2.05, 4.69) is 29.0 Å². The highest BCUT2D eigenvalue weighted by Gasteiger charge is 2.50. The second kappa shape index (κ2) is 4.56. The third-order valence-corrected chi connectivity index (χ3v) is 4.91. The third-order valence-electron chi connectivity index (χ3n) is 4.63. The monoisotopic (exact) mass is 296 g/mol. The molecular weight excluding hydrogens is 280 g/mol. The summed E-state index contributed by atoms with van der Waals surface area (Å²) >= 11 is 6.21. The van der Waals surface area contributed by atoms with Crippen molar-refractivity contribution in [1.29, 1.82) is 0 Å². The van der Waals surface area contributed by atoms with Gasteiger partial charge in [0.1, 0.15) is 12.0 Å². The highest BCUT2D eigenvalue weighted by molar-refractivity contribution is 6.33. The molecule has 3 heterocycles. The summed E-state index contributed by atoms with van der Waals surface area (Å²) in [6, 6.07) is 1.38. The van der Waals surface area contributed by atoms with Crippen molar-refractivity contribution in [2.75, 3.05) is 24.5 Å². The van der Waals surface area contributed by atoms with Crippen LogP contribution < -0.4 is 10.2 Å². The number of anilines is 1. The molecule has 2 unspecified atom stereocenters. The summed E-state index contributed by atoms with van der Waals surface area (Å²) in [6.07, 6.45) is 1.28. The van der Waals surface area contributed by atoms with E-state index in [0.29, 0.717) is 22.7 Å². The van der Waals surface area contributed by atoms with Crippen molar-refractivity contribution in [2.45, 2.75) is 19.4 Å². The SMILES string of the molecule is CC1(C)C2CNCC2CN1c1ncc([N+](=O)[O-])cc1Cl. The fourth-order valence-electron chi connectivity index (χ4n) is 3.50. The van der Waals surface area contributed by atoms with Gasteiger partial charge in [-0.1, -0.05) is 11.6 Å². The summed E-state index contributed by atoms with van der Waals surface area (Å²) in [5.74, 6) is 1.78. The third kappa shape index (κ3) is 1.94. The van der Waals surface area contributed by atoms with Crippen molar-refractivity contribution < 1.29 is 4.92 Å². The summed E-state index contributed by atoms with van der Waals surface area (Å²) in [5, 5.41) is 14.5. The topological polar surface area (TPSA) is 71.3 Å². The van der Waals surface area contributed by atoms with E-state index in [-0.39, 0.29) is 11.2 Å². The van der Waals surface area contributed by atoms with E-state index in [0.717, 1.165) is 19.6 Å². The van der Waals surface area contributed by atoms with E-state index in [1.807, 2.05) is 0 Å². The number of hydrogen-bond donors (Lipinski definition) is 1. The minimum absolute atomic E-state index is 0.0546. The maximum absolute atomic E-state index is 10.8. The van der Waals surface area contributed by atoms with Crippen molar-refractivity contribution >= 4 is 23.1 Å². The van der Waals surface area contributed by atoms with Gasteiger partial charge in [0.25, 0.3) is 5.69 Å². The zero-order valence-corrected chi connectivity index (χ0v) is 12.2. The average Bonchev–Trinajstić information content (AvgIpc) is 2.92. The van der Waals surface area contributed by atoms with Crippen molar-refractivity contribution in [3.63, 3.8) is 0 Å². The molecule has 7 heteroatoms. The number of hydrogen-bond acceptors (Lipinski definition) is 5. The van der Waals surface area contributed by atoms with Gasteiger partial charge in [-0.2, -0.15) is 0 Å². The first kappa shape index (κ1) is 13.6. The lowest BCUT2D eigenvalue weighted by Gasteiger charge is -2.36. The zero-order chi connectivity index (χ0) is 14.5. The predicted octanol–water partition coefficient (Wildman–Crippen LogP) is 2.08.